The highest BCUT2D eigenvalue weighted by atomic mass is 15.5. The molecule has 2 aliphatic rings. The zero-order chi connectivity index (χ0) is 15.5. The number of nitrogens with zero attached hydrogens (tertiary/aromatic N) is 2. The van der Waals surface area contributed by atoms with E-state index in [0.717, 1.165) is 17.9 Å². The van der Waals surface area contributed by atoms with E-state index in [9.17, 15) is 0 Å². The van der Waals surface area contributed by atoms with Crippen molar-refractivity contribution in [1.82, 2.24) is 15.3 Å². The lowest BCUT2D eigenvalue weighted by atomic mass is 9.70. The Morgan fingerprint density at radius 3 is 2.05 bits per heavy atom. The van der Waals surface area contributed by atoms with E-state index in [1.54, 1.807) is 0 Å². The van der Waals surface area contributed by atoms with Crippen molar-refractivity contribution in [2.45, 2.75) is 65.3 Å². The second-order valence-electron chi connectivity index (χ2n) is 8.47. The van der Waals surface area contributed by atoms with Crippen molar-refractivity contribution in [2.24, 2.45) is 17.3 Å². The van der Waals surface area contributed by atoms with Crippen LogP contribution in [-0.4, -0.2) is 49.7 Å². The molecule has 3 nitrogen and oxygen atoms in total. The van der Waals surface area contributed by atoms with Gasteiger partial charge in [0.25, 0.3) is 0 Å². The van der Waals surface area contributed by atoms with E-state index < -0.39 is 0 Å². The minimum absolute atomic E-state index is 0.511. The fourth-order valence-electron chi connectivity index (χ4n) is 4.30. The lowest BCUT2D eigenvalue weighted by Gasteiger charge is -2.41. The van der Waals surface area contributed by atoms with Crippen molar-refractivity contribution >= 4 is 0 Å². The van der Waals surface area contributed by atoms with Gasteiger partial charge in [-0.1, -0.05) is 20.8 Å². The summed E-state index contributed by atoms with van der Waals surface area (Å²) in [7, 11) is 4.40. The molecule has 3 heteroatoms. The Bertz CT molecular complexity index is 294. The number of piperidine rings is 1. The normalized spacial score (nSPS) is 30.0. The molecule has 21 heavy (non-hydrogen) atoms. The summed E-state index contributed by atoms with van der Waals surface area (Å²) >= 11 is 0. The summed E-state index contributed by atoms with van der Waals surface area (Å²) < 4.78 is 0. The van der Waals surface area contributed by atoms with Gasteiger partial charge < -0.3 is 4.90 Å². The van der Waals surface area contributed by atoms with Gasteiger partial charge in [0.2, 0.25) is 0 Å². The van der Waals surface area contributed by atoms with Crippen LogP contribution in [-0.2, 0) is 0 Å². The Balaban J connectivity index is 1.71. The van der Waals surface area contributed by atoms with E-state index in [2.05, 4.69) is 43.2 Å². The lowest BCUT2D eigenvalue weighted by Crippen LogP contribution is -2.48. The molecule has 1 saturated carbocycles. The molecule has 1 saturated heterocycles. The van der Waals surface area contributed by atoms with Gasteiger partial charge in [-0.2, -0.15) is 0 Å². The maximum absolute atomic E-state index is 3.28. The Morgan fingerprint density at radius 1 is 1.00 bits per heavy atom. The first kappa shape index (κ1) is 17.2. The molecule has 0 radical (unpaired) electrons. The summed E-state index contributed by atoms with van der Waals surface area (Å²) in [5.74, 6) is 1.88. The van der Waals surface area contributed by atoms with E-state index in [4.69, 9.17) is 0 Å². The molecule has 1 aliphatic carbocycles. The quantitative estimate of drug-likeness (QED) is 0.858. The summed E-state index contributed by atoms with van der Waals surface area (Å²) in [6, 6.07) is 0.801. The third-order valence-electron chi connectivity index (χ3n) is 6.02. The zero-order valence-electron chi connectivity index (χ0n) is 15.0. The van der Waals surface area contributed by atoms with Crippen molar-refractivity contribution in [1.29, 1.82) is 0 Å². The van der Waals surface area contributed by atoms with Crippen LogP contribution in [0.1, 0.15) is 59.3 Å². The third-order valence-corrected chi connectivity index (χ3v) is 6.02. The molecule has 1 N–H and O–H groups in total. The largest absolute Gasteiger partial charge is 0.303 e. The molecule has 2 rings (SSSR count). The molecule has 124 valence electrons. The van der Waals surface area contributed by atoms with Gasteiger partial charge in [0.15, 0.2) is 0 Å². The predicted octanol–water partition coefficient (Wildman–Crippen LogP) is 3.37. The van der Waals surface area contributed by atoms with Crippen LogP contribution in [0.25, 0.3) is 0 Å². The Kier molecular flexibility index (Phi) is 6.10. The molecule has 0 bridgehead atoms. The topological polar surface area (TPSA) is 18.5 Å². The molecule has 0 aromatic heterocycles. The van der Waals surface area contributed by atoms with E-state index in [-0.39, 0.29) is 0 Å². The van der Waals surface area contributed by atoms with Gasteiger partial charge in [0.1, 0.15) is 0 Å². The number of hydrogen-bond donors (Lipinski definition) is 1. The minimum atomic E-state index is 0.511. The SMILES string of the molecule is CNN1CCC(N(C)CC2CCC(C(C)(C)C)CC2)CC1. The van der Waals surface area contributed by atoms with Crippen LogP contribution in [0.5, 0.6) is 0 Å². The number of hydrogen-bond acceptors (Lipinski definition) is 3. The molecular formula is C18H37N3. The van der Waals surface area contributed by atoms with E-state index in [1.165, 1.54) is 58.2 Å². The predicted molar refractivity (Wildman–Crippen MR) is 91.2 cm³/mol. The summed E-state index contributed by atoms with van der Waals surface area (Å²) in [4.78, 5) is 2.66. The molecule has 0 spiro atoms. The van der Waals surface area contributed by atoms with Crippen molar-refractivity contribution in [3.8, 4) is 0 Å². The molecule has 2 fully saturated rings. The maximum Gasteiger partial charge on any atom is 0.0145 e. The van der Waals surface area contributed by atoms with Crippen LogP contribution >= 0.6 is 0 Å². The van der Waals surface area contributed by atoms with Crippen LogP contribution in [0.15, 0.2) is 0 Å². The Labute approximate surface area is 132 Å². The molecule has 0 aromatic rings. The van der Waals surface area contributed by atoms with Gasteiger partial charge in [-0.25, -0.2) is 5.01 Å². The number of hydrazine groups is 1. The molecule has 1 aliphatic heterocycles. The van der Waals surface area contributed by atoms with Crippen molar-refractivity contribution < 1.29 is 0 Å². The van der Waals surface area contributed by atoms with E-state index in [1.807, 2.05) is 7.05 Å². The molecule has 0 atom stereocenters. The second kappa shape index (κ2) is 7.43. The first-order valence-electron chi connectivity index (χ1n) is 9.02. The summed E-state index contributed by atoms with van der Waals surface area (Å²) in [6.45, 7) is 11.0. The maximum atomic E-state index is 3.28. The fraction of sp³-hybridized carbons (Fsp3) is 1.00. The average Bonchev–Trinajstić information content (AvgIpc) is 2.47. The smallest absolute Gasteiger partial charge is 0.0145 e. The molecule has 1 heterocycles. The zero-order valence-corrected chi connectivity index (χ0v) is 15.0. The summed E-state index contributed by atoms with van der Waals surface area (Å²) in [5.41, 5.74) is 3.79. The standard InChI is InChI=1S/C18H37N3/c1-18(2,3)16-8-6-15(7-9-16)14-20(5)17-10-12-21(19-4)13-11-17/h15-17,19H,6-14H2,1-5H3. The summed E-state index contributed by atoms with van der Waals surface area (Å²) in [6.07, 6.45) is 8.41. The summed E-state index contributed by atoms with van der Waals surface area (Å²) in [5, 5.41) is 2.35. The van der Waals surface area contributed by atoms with Crippen LogP contribution in [0.4, 0.5) is 0 Å². The first-order valence-corrected chi connectivity index (χ1v) is 9.02. The first-order chi connectivity index (χ1) is 9.90. The molecule has 0 amide bonds. The fourth-order valence-corrected chi connectivity index (χ4v) is 4.30. The van der Waals surface area contributed by atoms with Gasteiger partial charge in [0.05, 0.1) is 0 Å². The highest BCUT2D eigenvalue weighted by Gasteiger charge is 2.31. The van der Waals surface area contributed by atoms with Crippen molar-refractivity contribution in [2.75, 3.05) is 33.7 Å². The van der Waals surface area contributed by atoms with Crippen LogP contribution < -0.4 is 5.43 Å². The highest BCUT2D eigenvalue weighted by Crippen LogP contribution is 2.40. The van der Waals surface area contributed by atoms with Crippen molar-refractivity contribution in [3.63, 3.8) is 0 Å². The lowest BCUT2D eigenvalue weighted by molar-refractivity contribution is 0.0757. The highest BCUT2D eigenvalue weighted by molar-refractivity contribution is 4.83. The third kappa shape index (κ3) is 4.94. The molecule has 0 aromatic carbocycles. The Morgan fingerprint density at radius 2 is 1.57 bits per heavy atom. The van der Waals surface area contributed by atoms with E-state index in [0.29, 0.717) is 5.41 Å². The van der Waals surface area contributed by atoms with Crippen LogP contribution in [0.3, 0.4) is 0 Å². The average molecular weight is 296 g/mol. The van der Waals surface area contributed by atoms with Gasteiger partial charge in [0, 0.05) is 25.7 Å². The van der Waals surface area contributed by atoms with Gasteiger partial charge in [-0.15, -0.1) is 0 Å². The van der Waals surface area contributed by atoms with Gasteiger partial charge in [-0.05, 0) is 69.9 Å². The second-order valence-corrected chi connectivity index (χ2v) is 8.47. The van der Waals surface area contributed by atoms with Gasteiger partial charge in [-0.3, -0.25) is 5.43 Å². The van der Waals surface area contributed by atoms with Crippen molar-refractivity contribution in [3.05, 3.63) is 0 Å². The molecular weight excluding hydrogens is 258 g/mol. The minimum Gasteiger partial charge on any atom is -0.303 e. The van der Waals surface area contributed by atoms with Crippen LogP contribution in [0.2, 0.25) is 0 Å². The molecule has 0 unspecified atom stereocenters. The van der Waals surface area contributed by atoms with E-state index >= 15 is 0 Å². The van der Waals surface area contributed by atoms with Gasteiger partial charge >= 0.3 is 0 Å². The number of rotatable bonds is 4. The van der Waals surface area contributed by atoms with Crippen LogP contribution in [0, 0.1) is 17.3 Å². The monoisotopic (exact) mass is 295 g/mol. The number of nitrogens with one attached hydrogen (secondary N) is 1. The Hall–Kier alpha value is -0.120.